The number of carbonyl (C=O) groups is 2. The van der Waals surface area contributed by atoms with Gasteiger partial charge in [0.15, 0.2) is 0 Å². The fourth-order valence-corrected chi connectivity index (χ4v) is 2.35. The normalized spacial score (nSPS) is 16.5. The third-order valence-electron chi connectivity index (χ3n) is 3.60. The van der Waals surface area contributed by atoms with E-state index in [-0.39, 0.29) is 11.8 Å². The molecule has 0 radical (unpaired) electrons. The topological polar surface area (TPSA) is 52.7 Å². The van der Waals surface area contributed by atoms with E-state index in [0.717, 1.165) is 45.7 Å². The third-order valence-corrected chi connectivity index (χ3v) is 3.60. The van der Waals surface area contributed by atoms with E-state index in [2.05, 4.69) is 24.1 Å². The van der Waals surface area contributed by atoms with Gasteiger partial charge in [0, 0.05) is 45.6 Å². The van der Waals surface area contributed by atoms with Crippen molar-refractivity contribution in [1.29, 1.82) is 0 Å². The highest BCUT2D eigenvalue weighted by atomic mass is 16.2. The van der Waals surface area contributed by atoms with E-state index in [1.165, 1.54) is 0 Å². The maximum atomic E-state index is 11.9. The van der Waals surface area contributed by atoms with Gasteiger partial charge in [-0.15, -0.1) is 0 Å². The summed E-state index contributed by atoms with van der Waals surface area (Å²) >= 11 is 0. The SMILES string of the molecule is CCC(=O)NCCCN1CCN(C(=O)CC(C)C)CC1. The van der Waals surface area contributed by atoms with Gasteiger partial charge in [-0.05, 0) is 18.9 Å². The van der Waals surface area contributed by atoms with E-state index >= 15 is 0 Å². The molecule has 2 amide bonds. The summed E-state index contributed by atoms with van der Waals surface area (Å²) in [5.74, 6) is 0.840. The van der Waals surface area contributed by atoms with Crippen LogP contribution < -0.4 is 5.32 Å². The van der Waals surface area contributed by atoms with Gasteiger partial charge in [0.2, 0.25) is 11.8 Å². The molecule has 1 fully saturated rings. The number of piperazine rings is 1. The summed E-state index contributed by atoms with van der Waals surface area (Å²) in [5, 5.41) is 2.89. The Morgan fingerprint density at radius 3 is 2.35 bits per heavy atom. The number of hydrogen-bond acceptors (Lipinski definition) is 3. The molecule has 0 unspecified atom stereocenters. The van der Waals surface area contributed by atoms with E-state index in [4.69, 9.17) is 0 Å². The first-order chi connectivity index (χ1) is 9.52. The van der Waals surface area contributed by atoms with E-state index in [1.807, 2.05) is 11.8 Å². The lowest BCUT2D eigenvalue weighted by atomic mass is 10.1. The van der Waals surface area contributed by atoms with E-state index in [9.17, 15) is 9.59 Å². The van der Waals surface area contributed by atoms with E-state index < -0.39 is 0 Å². The average molecular weight is 283 g/mol. The molecule has 1 aliphatic rings. The summed E-state index contributed by atoms with van der Waals surface area (Å²) < 4.78 is 0. The quantitative estimate of drug-likeness (QED) is 0.712. The van der Waals surface area contributed by atoms with Crippen molar-refractivity contribution in [2.75, 3.05) is 39.3 Å². The largest absolute Gasteiger partial charge is 0.356 e. The number of amides is 2. The fraction of sp³-hybridized carbons (Fsp3) is 0.867. The van der Waals surface area contributed by atoms with Crippen molar-refractivity contribution in [3.05, 3.63) is 0 Å². The van der Waals surface area contributed by atoms with Crippen molar-refractivity contribution in [2.24, 2.45) is 5.92 Å². The molecule has 0 atom stereocenters. The van der Waals surface area contributed by atoms with Crippen molar-refractivity contribution in [1.82, 2.24) is 15.1 Å². The first-order valence-corrected chi connectivity index (χ1v) is 7.79. The van der Waals surface area contributed by atoms with Gasteiger partial charge in [-0.3, -0.25) is 14.5 Å². The summed E-state index contributed by atoms with van der Waals surface area (Å²) in [6.07, 6.45) is 2.19. The van der Waals surface area contributed by atoms with E-state index in [0.29, 0.717) is 18.8 Å². The lowest BCUT2D eigenvalue weighted by molar-refractivity contribution is -0.133. The van der Waals surface area contributed by atoms with Crippen molar-refractivity contribution in [3.63, 3.8) is 0 Å². The maximum absolute atomic E-state index is 11.9. The molecule has 1 rings (SSSR count). The van der Waals surface area contributed by atoms with Crippen molar-refractivity contribution in [2.45, 2.75) is 40.0 Å². The summed E-state index contributed by atoms with van der Waals surface area (Å²) in [5.41, 5.74) is 0. The van der Waals surface area contributed by atoms with Crippen molar-refractivity contribution >= 4 is 11.8 Å². The van der Waals surface area contributed by atoms with Crippen LogP contribution in [0.5, 0.6) is 0 Å². The van der Waals surface area contributed by atoms with Crippen molar-refractivity contribution < 1.29 is 9.59 Å². The lowest BCUT2D eigenvalue weighted by Gasteiger charge is -2.35. The predicted molar refractivity (Wildman–Crippen MR) is 80.4 cm³/mol. The van der Waals surface area contributed by atoms with Crippen LogP contribution in [0.25, 0.3) is 0 Å². The van der Waals surface area contributed by atoms with Crippen LogP contribution in [-0.2, 0) is 9.59 Å². The molecule has 20 heavy (non-hydrogen) atoms. The molecule has 5 nitrogen and oxygen atoms in total. The van der Waals surface area contributed by atoms with Crippen LogP contribution in [0.3, 0.4) is 0 Å². The van der Waals surface area contributed by atoms with Crippen LogP contribution in [0.4, 0.5) is 0 Å². The molecule has 0 spiro atoms. The molecule has 1 N–H and O–H groups in total. The molecule has 0 aromatic carbocycles. The van der Waals surface area contributed by atoms with Crippen LogP contribution in [0.2, 0.25) is 0 Å². The first kappa shape index (κ1) is 17.0. The monoisotopic (exact) mass is 283 g/mol. The van der Waals surface area contributed by atoms with Crippen molar-refractivity contribution in [3.8, 4) is 0 Å². The molecule has 0 aromatic rings. The zero-order valence-corrected chi connectivity index (χ0v) is 13.2. The van der Waals surface area contributed by atoms with Crippen LogP contribution in [0.1, 0.15) is 40.0 Å². The lowest BCUT2D eigenvalue weighted by Crippen LogP contribution is -2.49. The molecular weight excluding hydrogens is 254 g/mol. The number of nitrogens with zero attached hydrogens (tertiary/aromatic N) is 2. The Hall–Kier alpha value is -1.10. The molecular formula is C15H29N3O2. The summed E-state index contributed by atoms with van der Waals surface area (Å²) in [7, 11) is 0. The second kappa shape index (κ2) is 8.95. The summed E-state index contributed by atoms with van der Waals surface area (Å²) in [6, 6.07) is 0. The average Bonchev–Trinajstić information content (AvgIpc) is 2.43. The van der Waals surface area contributed by atoms with Crippen LogP contribution in [0.15, 0.2) is 0 Å². The van der Waals surface area contributed by atoms with Gasteiger partial charge in [0.1, 0.15) is 0 Å². The minimum absolute atomic E-state index is 0.120. The Bertz CT molecular complexity index is 310. The summed E-state index contributed by atoms with van der Waals surface area (Å²) in [4.78, 5) is 27.4. The van der Waals surface area contributed by atoms with Crippen LogP contribution in [0, 0.1) is 5.92 Å². The van der Waals surface area contributed by atoms with Gasteiger partial charge in [-0.2, -0.15) is 0 Å². The highest BCUT2D eigenvalue weighted by Crippen LogP contribution is 2.08. The Balaban J connectivity index is 2.13. The van der Waals surface area contributed by atoms with E-state index in [1.54, 1.807) is 0 Å². The predicted octanol–water partition coefficient (Wildman–Crippen LogP) is 1.09. The standard InChI is InChI=1S/C15H29N3O2/c1-4-14(19)16-6-5-7-17-8-10-18(11-9-17)15(20)12-13(2)3/h13H,4-12H2,1-3H3,(H,16,19). The maximum Gasteiger partial charge on any atom is 0.222 e. The molecule has 5 heteroatoms. The highest BCUT2D eigenvalue weighted by Gasteiger charge is 2.20. The Labute approximate surface area is 122 Å². The zero-order chi connectivity index (χ0) is 15.0. The minimum atomic E-state index is 0.120. The summed E-state index contributed by atoms with van der Waals surface area (Å²) in [6.45, 7) is 11.4. The molecule has 1 saturated heterocycles. The number of nitrogens with one attached hydrogen (secondary N) is 1. The number of rotatable bonds is 7. The Morgan fingerprint density at radius 1 is 1.15 bits per heavy atom. The molecule has 0 aromatic heterocycles. The second-order valence-electron chi connectivity index (χ2n) is 5.88. The second-order valence-corrected chi connectivity index (χ2v) is 5.88. The molecule has 0 aliphatic carbocycles. The highest BCUT2D eigenvalue weighted by molar-refractivity contribution is 5.76. The van der Waals surface area contributed by atoms with Crippen LogP contribution in [-0.4, -0.2) is 60.9 Å². The molecule has 0 bridgehead atoms. The van der Waals surface area contributed by atoms with Gasteiger partial charge in [-0.1, -0.05) is 20.8 Å². The first-order valence-electron chi connectivity index (χ1n) is 7.79. The van der Waals surface area contributed by atoms with Gasteiger partial charge in [0.05, 0.1) is 0 Å². The van der Waals surface area contributed by atoms with Gasteiger partial charge >= 0.3 is 0 Å². The number of carbonyl (C=O) groups excluding carboxylic acids is 2. The third kappa shape index (κ3) is 6.37. The fourth-order valence-electron chi connectivity index (χ4n) is 2.35. The smallest absolute Gasteiger partial charge is 0.222 e. The number of hydrogen-bond donors (Lipinski definition) is 1. The Morgan fingerprint density at radius 2 is 1.80 bits per heavy atom. The minimum Gasteiger partial charge on any atom is -0.356 e. The molecule has 116 valence electrons. The molecule has 1 heterocycles. The molecule has 0 saturated carbocycles. The van der Waals surface area contributed by atoms with Gasteiger partial charge in [0.25, 0.3) is 0 Å². The zero-order valence-electron chi connectivity index (χ0n) is 13.2. The van der Waals surface area contributed by atoms with Crippen LogP contribution >= 0.6 is 0 Å². The molecule has 1 aliphatic heterocycles. The van der Waals surface area contributed by atoms with Gasteiger partial charge < -0.3 is 10.2 Å². The Kier molecular flexibility index (Phi) is 7.59. The van der Waals surface area contributed by atoms with Gasteiger partial charge in [-0.25, -0.2) is 0 Å².